The third-order valence-electron chi connectivity index (χ3n) is 4.17. The summed E-state index contributed by atoms with van der Waals surface area (Å²) in [4.78, 5) is 14.5. The van der Waals surface area contributed by atoms with Crippen LogP contribution in [0.4, 0.5) is 0 Å². The summed E-state index contributed by atoms with van der Waals surface area (Å²) in [5.74, 6) is 0.0848. The minimum Gasteiger partial charge on any atom is -0.341 e. The molecule has 26 heavy (non-hydrogen) atoms. The van der Waals surface area contributed by atoms with Crippen molar-refractivity contribution in [2.24, 2.45) is 5.73 Å². The standard InChI is InChI=1S/C19H22N6O/c20-11-13-24(12-10-16-4-2-1-3-5-16)19(26)14-17-6-8-18(9-7-17)25-15-21-22-23-25/h1-9,15H,10-14,20H2. The van der Waals surface area contributed by atoms with Crippen molar-refractivity contribution in [3.8, 4) is 5.69 Å². The Bertz CT molecular complexity index is 802. The van der Waals surface area contributed by atoms with Gasteiger partial charge < -0.3 is 10.6 Å². The van der Waals surface area contributed by atoms with Gasteiger partial charge in [-0.1, -0.05) is 42.5 Å². The van der Waals surface area contributed by atoms with Gasteiger partial charge in [-0.3, -0.25) is 4.79 Å². The van der Waals surface area contributed by atoms with Crippen LogP contribution in [-0.4, -0.2) is 50.6 Å². The topological polar surface area (TPSA) is 89.9 Å². The number of carbonyl (C=O) groups excluding carboxylic acids is 1. The molecule has 2 aromatic carbocycles. The van der Waals surface area contributed by atoms with Crippen LogP contribution in [0.5, 0.6) is 0 Å². The summed E-state index contributed by atoms with van der Waals surface area (Å²) in [6.07, 6.45) is 2.71. The summed E-state index contributed by atoms with van der Waals surface area (Å²) in [6, 6.07) is 17.8. The predicted molar refractivity (Wildman–Crippen MR) is 98.6 cm³/mol. The highest BCUT2D eigenvalue weighted by molar-refractivity contribution is 5.78. The molecule has 0 aliphatic carbocycles. The van der Waals surface area contributed by atoms with Gasteiger partial charge in [0.2, 0.25) is 5.91 Å². The molecule has 0 atom stereocenters. The number of tetrazole rings is 1. The molecule has 0 aliphatic rings. The molecule has 7 heteroatoms. The number of aromatic nitrogens is 4. The maximum atomic E-state index is 12.7. The van der Waals surface area contributed by atoms with Crippen molar-refractivity contribution in [3.63, 3.8) is 0 Å². The van der Waals surface area contributed by atoms with Gasteiger partial charge in [0, 0.05) is 19.6 Å². The van der Waals surface area contributed by atoms with E-state index in [1.165, 1.54) is 11.9 Å². The summed E-state index contributed by atoms with van der Waals surface area (Å²) in [6.45, 7) is 1.69. The Hall–Kier alpha value is -3.06. The van der Waals surface area contributed by atoms with Crippen LogP contribution in [0.2, 0.25) is 0 Å². The molecular formula is C19H22N6O. The van der Waals surface area contributed by atoms with Crippen LogP contribution in [0.15, 0.2) is 60.9 Å². The van der Waals surface area contributed by atoms with Gasteiger partial charge in [-0.05, 0) is 40.1 Å². The zero-order valence-electron chi connectivity index (χ0n) is 14.5. The lowest BCUT2D eigenvalue weighted by Gasteiger charge is -2.22. The molecule has 7 nitrogen and oxygen atoms in total. The minimum atomic E-state index is 0.0848. The summed E-state index contributed by atoms with van der Waals surface area (Å²) >= 11 is 0. The van der Waals surface area contributed by atoms with Crippen LogP contribution >= 0.6 is 0 Å². The fourth-order valence-corrected chi connectivity index (χ4v) is 2.76. The van der Waals surface area contributed by atoms with Crippen molar-refractivity contribution in [1.82, 2.24) is 25.1 Å². The number of hydrogen-bond donors (Lipinski definition) is 1. The summed E-state index contributed by atoms with van der Waals surface area (Å²) in [5.41, 5.74) is 8.71. The van der Waals surface area contributed by atoms with E-state index >= 15 is 0 Å². The molecule has 0 bridgehead atoms. The van der Waals surface area contributed by atoms with E-state index in [9.17, 15) is 4.79 Å². The lowest BCUT2D eigenvalue weighted by molar-refractivity contribution is -0.130. The molecule has 0 aliphatic heterocycles. The second kappa shape index (κ2) is 8.87. The zero-order valence-corrected chi connectivity index (χ0v) is 14.5. The van der Waals surface area contributed by atoms with E-state index < -0.39 is 0 Å². The molecule has 0 saturated heterocycles. The van der Waals surface area contributed by atoms with Crippen molar-refractivity contribution >= 4 is 5.91 Å². The molecule has 2 N–H and O–H groups in total. The van der Waals surface area contributed by atoms with Crippen LogP contribution in [-0.2, 0) is 17.6 Å². The Morgan fingerprint density at radius 2 is 1.77 bits per heavy atom. The van der Waals surface area contributed by atoms with E-state index in [1.54, 1.807) is 4.68 Å². The lowest BCUT2D eigenvalue weighted by atomic mass is 10.1. The van der Waals surface area contributed by atoms with Gasteiger partial charge in [0.15, 0.2) is 0 Å². The van der Waals surface area contributed by atoms with Crippen molar-refractivity contribution in [2.75, 3.05) is 19.6 Å². The smallest absolute Gasteiger partial charge is 0.227 e. The summed E-state index contributed by atoms with van der Waals surface area (Å²) in [5, 5.41) is 11.1. The van der Waals surface area contributed by atoms with E-state index in [2.05, 4.69) is 27.7 Å². The van der Waals surface area contributed by atoms with Crippen LogP contribution in [0, 0.1) is 0 Å². The van der Waals surface area contributed by atoms with Crippen molar-refractivity contribution in [2.45, 2.75) is 12.8 Å². The van der Waals surface area contributed by atoms with Gasteiger partial charge in [-0.2, -0.15) is 0 Å². The van der Waals surface area contributed by atoms with Crippen LogP contribution < -0.4 is 5.73 Å². The molecular weight excluding hydrogens is 328 g/mol. The fourth-order valence-electron chi connectivity index (χ4n) is 2.76. The van der Waals surface area contributed by atoms with E-state index in [-0.39, 0.29) is 5.91 Å². The number of rotatable bonds is 8. The average molecular weight is 350 g/mol. The molecule has 1 heterocycles. The zero-order chi connectivity index (χ0) is 18.2. The molecule has 0 unspecified atom stereocenters. The van der Waals surface area contributed by atoms with Crippen LogP contribution in [0.1, 0.15) is 11.1 Å². The summed E-state index contributed by atoms with van der Waals surface area (Å²) in [7, 11) is 0. The number of benzene rings is 2. The predicted octanol–water partition coefficient (Wildman–Crippen LogP) is 1.23. The largest absolute Gasteiger partial charge is 0.341 e. The van der Waals surface area contributed by atoms with Crippen molar-refractivity contribution in [3.05, 3.63) is 72.1 Å². The Morgan fingerprint density at radius 1 is 1.00 bits per heavy atom. The van der Waals surface area contributed by atoms with Crippen LogP contribution in [0.25, 0.3) is 5.69 Å². The maximum Gasteiger partial charge on any atom is 0.227 e. The molecule has 1 aromatic heterocycles. The molecule has 0 fully saturated rings. The normalized spacial score (nSPS) is 10.7. The van der Waals surface area contributed by atoms with Gasteiger partial charge in [-0.25, -0.2) is 4.68 Å². The lowest BCUT2D eigenvalue weighted by Crippen LogP contribution is -2.37. The van der Waals surface area contributed by atoms with Gasteiger partial charge in [0.05, 0.1) is 12.1 Å². The Morgan fingerprint density at radius 3 is 2.42 bits per heavy atom. The summed E-state index contributed by atoms with van der Waals surface area (Å²) < 4.78 is 1.58. The number of amides is 1. The number of carbonyl (C=O) groups is 1. The Balaban J connectivity index is 1.60. The van der Waals surface area contributed by atoms with Gasteiger partial charge in [0.1, 0.15) is 6.33 Å². The third-order valence-corrected chi connectivity index (χ3v) is 4.17. The monoisotopic (exact) mass is 350 g/mol. The molecule has 1 amide bonds. The first kappa shape index (κ1) is 17.8. The first-order chi connectivity index (χ1) is 12.8. The molecule has 0 saturated carbocycles. The molecule has 0 spiro atoms. The highest BCUT2D eigenvalue weighted by Gasteiger charge is 2.13. The van der Waals surface area contributed by atoms with E-state index in [0.717, 1.165) is 17.7 Å². The van der Waals surface area contributed by atoms with Crippen molar-refractivity contribution < 1.29 is 4.79 Å². The SMILES string of the molecule is NCCN(CCc1ccccc1)C(=O)Cc1ccc(-n2cnnn2)cc1. The number of nitrogens with zero attached hydrogens (tertiary/aromatic N) is 5. The molecule has 3 aromatic rings. The molecule has 3 rings (SSSR count). The van der Waals surface area contributed by atoms with E-state index in [0.29, 0.717) is 26.1 Å². The third kappa shape index (κ3) is 4.73. The maximum absolute atomic E-state index is 12.7. The fraction of sp³-hybridized carbons (Fsp3) is 0.263. The second-order valence-corrected chi connectivity index (χ2v) is 6.00. The highest BCUT2D eigenvalue weighted by Crippen LogP contribution is 2.10. The molecule has 134 valence electrons. The highest BCUT2D eigenvalue weighted by atomic mass is 16.2. The first-order valence-corrected chi connectivity index (χ1v) is 8.60. The van der Waals surface area contributed by atoms with Crippen molar-refractivity contribution in [1.29, 1.82) is 0 Å². The molecule has 0 radical (unpaired) electrons. The first-order valence-electron chi connectivity index (χ1n) is 8.60. The Labute approximate surface area is 152 Å². The van der Waals surface area contributed by atoms with Gasteiger partial charge in [0.25, 0.3) is 0 Å². The minimum absolute atomic E-state index is 0.0848. The number of hydrogen-bond acceptors (Lipinski definition) is 5. The van der Waals surface area contributed by atoms with Gasteiger partial charge >= 0.3 is 0 Å². The average Bonchev–Trinajstić information content (AvgIpc) is 3.21. The van der Waals surface area contributed by atoms with E-state index in [4.69, 9.17) is 5.73 Å². The van der Waals surface area contributed by atoms with Gasteiger partial charge in [-0.15, -0.1) is 5.10 Å². The van der Waals surface area contributed by atoms with Crippen LogP contribution in [0.3, 0.4) is 0 Å². The number of nitrogens with two attached hydrogens (primary N) is 1. The quantitative estimate of drug-likeness (QED) is 0.660. The van der Waals surface area contributed by atoms with E-state index in [1.807, 2.05) is 47.4 Å². The Kier molecular flexibility index (Phi) is 6.05. The second-order valence-electron chi connectivity index (χ2n) is 6.00.